The zero-order valence-electron chi connectivity index (χ0n) is 15.3. The number of aromatic nitrogens is 2. The summed E-state index contributed by atoms with van der Waals surface area (Å²) in [5.41, 5.74) is 0.920. The molecule has 7 heteroatoms. The minimum absolute atomic E-state index is 0.0166. The molecule has 3 rings (SSSR count). The summed E-state index contributed by atoms with van der Waals surface area (Å²) in [7, 11) is 1.84. The van der Waals surface area contributed by atoms with Gasteiger partial charge in [-0.05, 0) is 32.6 Å². The Morgan fingerprint density at radius 1 is 1.16 bits per heavy atom. The van der Waals surface area contributed by atoms with Crippen molar-refractivity contribution < 1.29 is 9.59 Å². The first-order valence-electron chi connectivity index (χ1n) is 9.09. The number of hydrogen-bond acceptors (Lipinski definition) is 5. The maximum absolute atomic E-state index is 13.1. The molecule has 2 amide bonds. The summed E-state index contributed by atoms with van der Waals surface area (Å²) in [4.78, 5) is 37.3. The molecule has 2 aliphatic rings. The second-order valence-corrected chi connectivity index (χ2v) is 6.95. The van der Waals surface area contributed by atoms with Crippen molar-refractivity contribution in [3.05, 3.63) is 17.6 Å². The molecule has 0 radical (unpaired) electrons. The van der Waals surface area contributed by atoms with Gasteiger partial charge in [-0.1, -0.05) is 0 Å². The van der Waals surface area contributed by atoms with Gasteiger partial charge in [-0.15, -0.1) is 0 Å². The topological polar surface area (TPSA) is 78.4 Å². The SMILES string of the molecule is CNc1cc(C2CCCN2C(=O)C2CCN(C(C)=O)CC2)nc(C)n1. The monoisotopic (exact) mass is 345 g/mol. The third kappa shape index (κ3) is 3.75. The number of carbonyl (C=O) groups is 2. The van der Waals surface area contributed by atoms with E-state index < -0.39 is 0 Å². The van der Waals surface area contributed by atoms with Crippen LogP contribution in [0.25, 0.3) is 0 Å². The highest BCUT2D eigenvalue weighted by Crippen LogP contribution is 2.34. The minimum Gasteiger partial charge on any atom is -0.373 e. The third-order valence-electron chi connectivity index (χ3n) is 5.28. The molecular formula is C18H27N5O2. The summed E-state index contributed by atoms with van der Waals surface area (Å²) >= 11 is 0. The highest BCUT2D eigenvalue weighted by atomic mass is 16.2. The average molecular weight is 345 g/mol. The van der Waals surface area contributed by atoms with Crippen molar-refractivity contribution in [3.8, 4) is 0 Å². The highest BCUT2D eigenvalue weighted by Gasteiger charge is 2.36. The molecular weight excluding hydrogens is 318 g/mol. The lowest BCUT2D eigenvalue weighted by Gasteiger charge is -2.34. The lowest BCUT2D eigenvalue weighted by Crippen LogP contribution is -2.43. The van der Waals surface area contributed by atoms with E-state index in [2.05, 4.69) is 15.3 Å². The molecule has 7 nitrogen and oxygen atoms in total. The molecule has 2 aliphatic heterocycles. The van der Waals surface area contributed by atoms with Gasteiger partial charge in [0.2, 0.25) is 11.8 Å². The minimum atomic E-state index is 0.0166. The van der Waals surface area contributed by atoms with Crippen molar-refractivity contribution in [2.75, 3.05) is 32.0 Å². The first-order chi connectivity index (χ1) is 12.0. The van der Waals surface area contributed by atoms with Gasteiger partial charge >= 0.3 is 0 Å². The summed E-state index contributed by atoms with van der Waals surface area (Å²) in [5, 5.41) is 3.06. The Labute approximate surface area is 148 Å². The van der Waals surface area contributed by atoms with Crippen LogP contribution in [0.4, 0.5) is 5.82 Å². The molecule has 0 saturated carbocycles. The van der Waals surface area contributed by atoms with E-state index in [1.54, 1.807) is 6.92 Å². The Morgan fingerprint density at radius 3 is 2.52 bits per heavy atom. The Morgan fingerprint density at radius 2 is 1.88 bits per heavy atom. The van der Waals surface area contributed by atoms with E-state index in [4.69, 9.17) is 0 Å². The lowest BCUT2D eigenvalue weighted by molar-refractivity contribution is -0.140. The molecule has 0 aliphatic carbocycles. The van der Waals surface area contributed by atoms with Crippen LogP contribution in [0.1, 0.15) is 50.2 Å². The van der Waals surface area contributed by atoms with Crippen molar-refractivity contribution in [3.63, 3.8) is 0 Å². The van der Waals surface area contributed by atoms with Crippen LogP contribution >= 0.6 is 0 Å². The molecule has 2 saturated heterocycles. The van der Waals surface area contributed by atoms with Crippen LogP contribution in [-0.4, -0.2) is 58.3 Å². The maximum Gasteiger partial charge on any atom is 0.226 e. The van der Waals surface area contributed by atoms with E-state index >= 15 is 0 Å². The second-order valence-electron chi connectivity index (χ2n) is 6.95. The fourth-order valence-corrected chi connectivity index (χ4v) is 3.90. The van der Waals surface area contributed by atoms with Crippen LogP contribution in [0.5, 0.6) is 0 Å². The van der Waals surface area contributed by atoms with E-state index in [0.29, 0.717) is 13.1 Å². The van der Waals surface area contributed by atoms with Gasteiger partial charge in [-0.3, -0.25) is 9.59 Å². The van der Waals surface area contributed by atoms with Crippen LogP contribution in [0, 0.1) is 12.8 Å². The Hall–Kier alpha value is -2.18. The van der Waals surface area contributed by atoms with Gasteiger partial charge in [-0.2, -0.15) is 0 Å². The van der Waals surface area contributed by atoms with Crippen LogP contribution in [0.3, 0.4) is 0 Å². The largest absolute Gasteiger partial charge is 0.373 e. The molecule has 1 atom stereocenters. The van der Waals surface area contributed by atoms with Crippen LogP contribution in [-0.2, 0) is 9.59 Å². The van der Waals surface area contributed by atoms with Gasteiger partial charge in [0.25, 0.3) is 0 Å². The number of rotatable bonds is 3. The van der Waals surface area contributed by atoms with E-state index in [1.807, 2.05) is 29.8 Å². The smallest absolute Gasteiger partial charge is 0.226 e. The van der Waals surface area contributed by atoms with Crippen molar-refractivity contribution in [1.82, 2.24) is 19.8 Å². The van der Waals surface area contributed by atoms with Gasteiger partial charge in [0.1, 0.15) is 11.6 Å². The van der Waals surface area contributed by atoms with Crippen LogP contribution < -0.4 is 5.32 Å². The number of carbonyl (C=O) groups excluding carboxylic acids is 2. The number of likely N-dealkylation sites (tertiary alicyclic amines) is 2. The molecule has 3 heterocycles. The summed E-state index contributed by atoms with van der Waals surface area (Å²) < 4.78 is 0. The Bertz CT molecular complexity index is 655. The van der Waals surface area contributed by atoms with Crippen molar-refractivity contribution >= 4 is 17.6 Å². The zero-order chi connectivity index (χ0) is 18.0. The fourth-order valence-electron chi connectivity index (χ4n) is 3.90. The normalized spacial score (nSPS) is 21.5. The van der Waals surface area contributed by atoms with Crippen molar-refractivity contribution in [1.29, 1.82) is 0 Å². The van der Waals surface area contributed by atoms with Gasteiger partial charge in [-0.25, -0.2) is 9.97 Å². The molecule has 1 unspecified atom stereocenters. The number of hydrogen-bond donors (Lipinski definition) is 1. The van der Waals surface area contributed by atoms with E-state index in [1.165, 1.54) is 0 Å². The zero-order valence-corrected chi connectivity index (χ0v) is 15.3. The molecule has 1 aromatic rings. The third-order valence-corrected chi connectivity index (χ3v) is 5.28. The molecule has 136 valence electrons. The van der Waals surface area contributed by atoms with E-state index in [9.17, 15) is 9.59 Å². The molecule has 1 aromatic heterocycles. The lowest BCUT2D eigenvalue weighted by atomic mass is 9.94. The predicted octanol–water partition coefficient (Wildman–Crippen LogP) is 1.75. The summed E-state index contributed by atoms with van der Waals surface area (Å²) in [6, 6.07) is 1.98. The van der Waals surface area contributed by atoms with Crippen molar-refractivity contribution in [2.24, 2.45) is 5.92 Å². The molecule has 0 bridgehead atoms. The molecule has 0 aromatic carbocycles. The number of anilines is 1. The quantitative estimate of drug-likeness (QED) is 0.903. The molecule has 2 fully saturated rings. The highest BCUT2D eigenvalue weighted by molar-refractivity contribution is 5.80. The maximum atomic E-state index is 13.1. The second kappa shape index (κ2) is 7.37. The van der Waals surface area contributed by atoms with E-state index in [-0.39, 0.29) is 23.8 Å². The van der Waals surface area contributed by atoms with Crippen LogP contribution in [0.2, 0.25) is 0 Å². The number of aryl methyl sites for hydroxylation is 1. The molecule has 0 spiro atoms. The molecule has 1 N–H and O–H groups in total. The van der Waals surface area contributed by atoms with Gasteiger partial charge < -0.3 is 15.1 Å². The summed E-state index contributed by atoms with van der Waals surface area (Å²) in [5.74, 6) is 1.84. The van der Waals surface area contributed by atoms with Gasteiger partial charge in [0.15, 0.2) is 0 Å². The van der Waals surface area contributed by atoms with Gasteiger partial charge in [0.05, 0.1) is 11.7 Å². The Kier molecular flexibility index (Phi) is 5.20. The predicted molar refractivity (Wildman–Crippen MR) is 95.0 cm³/mol. The standard InChI is InChI=1S/C18H27N5O2/c1-12-20-15(11-17(19-3)21-12)16-5-4-8-23(16)18(25)14-6-9-22(10-7-14)13(2)24/h11,14,16H,4-10H2,1-3H3,(H,19,20,21). The first-order valence-corrected chi connectivity index (χ1v) is 9.09. The summed E-state index contributed by atoms with van der Waals surface area (Å²) in [6.07, 6.45) is 3.46. The first kappa shape index (κ1) is 17.6. The number of amides is 2. The Balaban J connectivity index is 1.72. The number of nitrogens with one attached hydrogen (secondary N) is 1. The average Bonchev–Trinajstić information content (AvgIpc) is 3.10. The number of piperidine rings is 1. The molecule has 25 heavy (non-hydrogen) atoms. The fraction of sp³-hybridized carbons (Fsp3) is 0.667. The van der Waals surface area contributed by atoms with Crippen molar-refractivity contribution in [2.45, 2.75) is 45.6 Å². The number of nitrogens with zero attached hydrogens (tertiary/aromatic N) is 4. The van der Waals surface area contributed by atoms with Gasteiger partial charge in [0, 0.05) is 45.6 Å². The summed E-state index contributed by atoms with van der Waals surface area (Å²) in [6.45, 7) is 5.62. The van der Waals surface area contributed by atoms with Crippen LogP contribution in [0.15, 0.2) is 6.07 Å². The van der Waals surface area contributed by atoms with E-state index in [0.717, 1.165) is 49.6 Å².